The van der Waals surface area contributed by atoms with E-state index >= 15 is 0 Å². The third-order valence-corrected chi connectivity index (χ3v) is 5.56. The number of ether oxygens (including phenoxy) is 1. The third kappa shape index (κ3) is 6.35. The van der Waals surface area contributed by atoms with Crippen LogP contribution in [0.3, 0.4) is 0 Å². The molecule has 1 amide bonds. The fourth-order valence-corrected chi connectivity index (χ4v) is 3.47. The first-order valence-corrected chi connectivity index (χ1v) is 11.2. The first kappa shape index (κ1) is 24.3. The number of rotatable bonds is 7. The third-order valence-electron chi connectivity index (χ3n) is 5.32. The van der Waals surface area contributed by atoms with Gasteiger partial charge in [-0.1, -0.05) is 24.6 Å². The van der Waals surface area contributed by atoms with Crippen LogP contribution in [0.15, 0.2) is 47.6 Å². The molecule has 2 aromatic carbocycles. The van der Waals surface area contributed by atoms with Crippen LogP contribution in [0.5, 0.6) is 5.75 Å². The van der Waals surface area contributed by atoms with Crippen molar-refractivity contribution in [3.63, 3.8) is 0 Å². The Morgan fingerprint density at radius 2 is 1.94 bits per heavy atom. The van der Waals surface area contributed by atoms with Crippen LogP contribution in [0.25, 0.3) is 0 Å². The Balaban J connectivity index is 1.90. The zero-order chi connectivity index (χ0) is 24.0. The van der Waals surface area contributed by atoms with Crippen LogP contribution in [0, 0.1) is 20.8 Å². The van der Waals surface area contributed by atoms with Gasteiger partial charge in [0.2, 0.25) is 5.96 Å². The summed E-state index contributed by atoms with van der Waals surface area (Å²) in [5.41, 5.74) is 5.22. The molecular weight excluding hydrogens is 438 g/mol. The summed E-state index contributed by atoms with van der Waals surface area (Å²) in [6.45, 7) is 9.26. The summed E-state index contributed by atoms with van der Waals surface area (Å²) in [5, 5.41) is 11.1. The van der Waals surface area contributed by atoms with Gasteiger partial charge in [-0.05, 0) is 68.7 Å². The number of aliphatic imine (C=N–C) groups is 1. The number of anilines is 1. The maximum atomic E-state index is 13.0. The van der Waals surface area contributed by atoms with Crippen molar-refractivity contribution in [2.24, 2.45) is 4.99 Å². The summed E-state index contributed by atoms with van der Waals surface area (Å²) in [6, 6.07) is 10.8. The predicted octanol–water partition coefficient (Wildman–Crippen LogP) is 5.28. The number of nitrogens with zero attached hydrogens (tertiary/aromatic N) is 3. The number of carbonyl (C=O) groups excluding carboxylic acids is 1. The fourth-order valence-electron chi connectivity index (χ4n) is 3.30. The van der Waals surface area contributed by atoms with E-state index in [1.807, 2.05) is 43.8 Å². The number of amides is 1. The highest BCUT2D eigenvalue weighted by Crippen LogP contribution is 2.27. The van der Waals surface area contributed by atoms with E-state index in [0.29, 0.717) is 34.5 Å². The number of halogens is 1. The average Bonchev–Trinajstić information content (AvgIpc) is 3.13. The van der Waals surface area contributed by atoms with E-state index in [-0.39, 0.29) is 5.91 Å². The Morgan fingerprint density at radius 1 is 1.15 bits per heavy atom. The van der Waals surface area contributed by atoms with E-state index in [4.69, 9.17) is 16.3 Å². The minimum atomic E-state index is -0.260. The van der Waals surface area contributed by atoms with Gasteiger partial charge < -0.3 is 10.1 Å². The lowest BCUT2D eigenvalue weighted by Gasteiger charge is -2.15. The maximum Gasteiger partial charge on any atom is 0.257 e. The molecule has 2 N–H and O–H groups in total. The molecule has 0 aliphatic rings. The van der Waals surface area contributed by atoms with Crippen molar-refractivity contribution in [3.05, 3.63) is 75.6 Å². The Labute approximate surface area is 199 Å². The quantitative estimate of drug-likeness (QED) is 0.366. The van der Waals surface area contributed by atoms with Crippen molar-refractivity contribution in [2.75, 3.05) is 12.4 Å². The molecular formula is C25H30ClN5O2. The van der Waals surface area contributed by atoms with Crippen LogP contribution < -0.4 is 15.4 Å². The van der Waals surface area contributed by atoms with Gasteiger partial charge in [0.15, 0.2) is 0 Å². The largest absolute Gasteiger partial charge is 0.495 e. The zero-order valence-electron chi connectivity index (χ0n) is 19.7. The van der Waals surface area contributed by atoms with Gasteiger partial charge >= 0.3 is 0 Å². The lowest BCUT2D eigenvalue weighted by atomic mass is 10.1. The van der Waals surface area contributed by atoms with Crippen molar-refractivity contribution >= 4 is 29.2 Å². The second-order valence-corrected chi connectivity index (χ2v) is 8.33. The molecule has 8 heteroatoms. The SMILES string of the molecule is CCCn1cc(CN=C(NC(=O)c2ccc(C)c(C)c2)Nc2cc(Cl)ccc2OC)c(C)n1. The van der Waals surface area contributed by atoms with Gasteiger partial charge in [0, 0.05) is 28.9 Å². The molecule has 0 aliphatic carbocycles. The summed E-state index contributed by atoms with van der Waals surface area (Å²) in [5.74, 6) is 0.615. The highest BCUT2D eigenvalue weighted by Gasteiger charge is 2.13. The van der Waals surface area contributed by atoms with E-state index < -0.39 is 0 Å². The van der Waals surface area contributed by atoms with Gasteiger partial charge in [-0.25, -0.2) is 4.99 Å². The van der Waals surface area contributed by atoms with Crippen LogP contribution in [-0.2, 0) is 13.1 Å². The van der Waals surface area contributed by atoms with Crippen LogP contribution >= 0.6 is 11.6 Å². The van der Waals surface area contributed by atoms with Crippen molar-refractivity contribution in [1.82, 2.24) is 15.1 Å². The second-order valence-electron chi connectivity index (χ2n) is 7.89. The molecule has 0 bridgehead atoms. The second kappa shape index (κ2) is 11.0. The molecule has 33 heavy (non-hydrogen) atoms. The number of aryl methyl sites for hydroxylation is 4. The molecule has 3 rings (SSSR count). The van der Waals surface area contributed by atoms with Crippen molar-refractivity contribution in [1.29, 1.82) is 0 Å². The number of methoxy groups -OCH3 is 1. The number of guanidine groups is 1. The number of carbonyl (C=O) groups is 1. The zero-order valence-corrected chi connectivity index (χ0v) is 20.5. The number of hydrogen-bond acceptors (Lipinski definition) is 4. The molecule has 0 fully saturated rings. The Hall–Kier alpha value is -3.32. The Kier molecular flexibility index (Phi) is 8.11. The maximum absolute atomic E-state index is 13.0. The average molecular weight is 468 g/mol. The first-order valence-electron chi connectivity index (χ1n) is 10.9. The summed E-state index contributed by atoms with van der Waals surface area (Å²) >= 11 is 6.18. The standard InChI is InChI=1S/C25H30ClN5O2/c1-6-11-31-15-20(18(4)30-31)14-27-25(28-22-13-21(26)9-10-23(22)33-5)29-24(32)19-8-7-16(2)17(3)12-19/h7-10,12-13,15H,6,11,14H2,1-5H3,(H2,27,28,29,32). The van der Waals surface area contributed by atoms with Gasteiger partial charge in [0.25, 0.3) is 5.91 Å². The monoisotopic (exact) mass is 467 g/mol. The molecule has 3 aromatic rings. The highest BCUT2D eigenvalue weighted by atomic mass is 35.5. The number of nitrogens with one attached hydrogen (secondary N) is 2. The molecule has 1 heterocycles. The van der Waals surface area contributed by atoms with Gasteiger partial charge in [-0.15, -0.1) is 0 Å². The lowest BCUT2D eigenvalue weighted by molar-refractivity contribution is 0.0976. The summed E-state index contributed by atoms with van der Waals surface area (Å²) < 4.78 is 7.35. The van der Waals surface area contributed by atoms with Gasteiger partial charge in [0.05, 0.1) is 25.0 Å². The normalized spacial score (nSPS) is 11.4. The lowest BCUT2D eigenvalue weighted by Crippen LogP contribution is -2.36. The fraction of sp³-hybridized carbons (Fsp3) is 0.320. The molecule has 7 nitrogen and oxygen atoms in total. The van der Waals surface area contributed by atoms with Crippen LogP contribution in [0.4, 0.5) is 5.69 Å². The van der Waals surface area contributed by atoms with Gasteiger partial charge in [0.1, 0.15) is 5.75 Å². The van der Waals surface area contributed by atoms with Crippen molar-refractivity contribution < 1.29 is 9.53 Å². The Morgan fingerprint density at radius 3 is 2.64 bits per heavy atom. The number of hydrogen-bond donors (Lipinski definition) is 2. The Bertz CT molecular complexity index is 1170. The van der Waals surface area contributed by atoms with Crippen LogP contribution in [0.1, 0.15) is 46.1 Å². The highest BCUT2D eigenvalue weighted by molar-refractivity contribution is 6.31. The molecule has 0 radical (unpaired) electrons. The summed E-state index contributed by atoms with van der Waals surface area (Å²) in [6.07, 6.45) is 2.99. The summed E-state index contributed by atoms with van der Waals surface area (Å²) in [4.78, 5) is 17.6. The van der Waals surface area contributed by atoms with E-state index in [1.165, 1.54) is 0 Å². The molecule has 0 atom stereocenters. The number of benzene rings is 2. The minimum absolute atomic E-state index is 0.260. The predicted molar refractivity (Wildman–Crippen MR) is 133 cm³/mol. The molecule has 174 valence electrons. The molecule has 0 saturated carbocycles. The molecule has 0 unspecified atom stereocenters. The van der Waals surface area contributed by atoms with E-state index in [2.05, 4.69) is 27.6 Å². The van der Waals surface area contributed by atoms with Crippen LogP contribution in [0.2, 0.25) is 5.02 Å². The topological polar surface area (TPSA) is 80.5 Å². The molecule has 0 aliphatic heterocycles. The minimum Gasteiger partial charge on any atom is -0.495 e. The summed E-state index contributed by atoms with van der Waals surface area (Å²) in [7, 11) is 1.57. The van der Waals surface area contributed by atoms with E-state index in [9.17, 15) is 4.79 Å². The molecule has 0 saturated heterocycles. The van der Waals surface area contributed by atoms with Crippen molar-refractivity contribution in [3.8, 4) is 5.75 Å². The van der Waals surface area contributed by atoms with Gasteiger partial charge in [-0.3, -0.25) is 14.8 Å². The first-order chi connectivity index (χ1) is 15.8. The smallest absolute Gasteiger partial charge is 0.257 e. The molecule has 0 spiro atoms. The number of aromatic nitrogens is 2. The van der Waals surface area contributed by atoms with E-state index in [0.717, 1.165) is 35.3 Å². The van der Waals surface area contributed by atoms with Crippen molar-refractivity contribution in [2.45, 2.75) is 47.2 Å². The van der Waals surface area contributed by atoms with E-state index in [1.54, 1.807) is 31.4 Å². The van der Waals surface area contributed by atoms with Crippen LogP contribution in [-0.4, -0.2) is 28.8 Å². The molecule has 1 aromatic heterocycles. The van der Waals surface area contributed by atoms with Gasteiger partial charge in [-0.2, -0.15) is 5.10 Å².